The van der Waals surface area contributed by atoms with Gasteiger partial charge in [0.1, 0.15) is 5.75 Å². The average molecular weight is 473 g/mol. The largest absolute Gasteiger partial charge is 0.483 e. The molecule has 1 amide bonds. The Morgan fingerprint density at radius 1 is 1.14 bits per heavy atom. The molecular formula is C24H19N5O6. The van der Waals surface area contributed by atoms with E-state index in [1.54, 1.807) is 30.3 Å². The van der Waals surface area contributed by atoms with Crippen LogP contribution in [0.4, 0.5) is 11.4 Å². The molecule has 11 heteroatoms. The van der Waals surface area contributed by atoms with Crippen LogP contribution in [-0.4, -0.2) is 33.3 Å². The first-order chi connectivity index (χ1) is 16.8. The predicted octanol–water partition coefficient (Wildman–Crippen LogP) is 2.81. The van der Waals surface area contributed by atoms with E-state index in [9.17, 15) is 24.5 Å². The van der Waals surface area contributed by atoms with Crippen molar-refractivity contribution in [2.75, 3.05) is 11.9 Å². The van der Waals surface area contributed by atoms with Crippen LogP contribution in [0, 0.1) is 17.0 Å². The zero-order chi connectivity index (χ0) is 24.9. The highest BCUT2D eigenvalue weighted by atomic mass is 16.6. The van der Waals surface area contributed by atoms with Gasteiger partial charge in [-0.2, -0.15) is 5.10 Å². The molecule has 35 heavy (non-hydrogen) atoms. The Hall–Kier alpha value is -5.06. The summed E-state index contributed by atoms with van der Waals surface area (Å²) in [5.74, 6) is -0.346. The topological polar surface area (TPSA) is 149 Å². The van der Waals surface area contributed by atoms with Crippen molar-refractivity contribution in [1.82, 2.24) is 9.66 Å². The van der Waals surface area contributed by atoms with E-state index in [-0.39, 0.29) is 29.0 Å². The van der Waals surface area contributed by atoms with Crippen LogP contribution in [0.2, 0.25) is 0 Å². The maximum absolute atomic E-state index is 12.7. The summed E-state index contributed by atoms with van der Waals surface area (Å²) in [6.07, 6.45) is 1.09. The maximum Gasteiger partial charge on any atom is 0.349 e. The maximum atomic E-state index is 12.7. The summed E-state index contributed by atoms with van der Waals surface area (Å²) >= 11 is 0. The summed E-state index contributed by atoms with van der Waals surface area (Å²) in [6.45, 7) is 1.54. The van der Waals surface area contributed by atoms with Crippen molar-refractivity contribution in [3.05, 3.63) is 109 Å². The molecule has 176 valence electrons. The Bertz CT molecular complexity index is 1570. The number of H-pyrrole nitrogens is 1. The van der Waals surface area contributed by atoms with Crippen molar-refractivity contribution in [3.8, 4) is 5.75 Å². The summed E-state index contributed by atoms with van der Waals surface area (Å²) < 4.78 is 6.16. The molecule has 4 rings (SSSR count). The Labute approximate surface area is 197 Å². The van der Waals surface area contributed by atoms with E-state index in [1.807, 2.05) is 19.1 Å². The molecule has 2 N–H and O–H groups in total. The standard InChI is InChI=1S/C24H19N5O6/c1-15-6-8-17(9-7-15)26-22(30)14-35-21-11-10-18(29(33)34)12-16(21)13-25-28-23(31)19-4-2-3-5-20(19)27-24(28)32/h2-13H,14H2,1H3,(H,26,30)(H,27,32). The first-order valence-corrected chi connectivity index (χ1v) is 10.4. The van der Waals surface area contributed by atoms with E-state index in [1.165, 1.54) is 18.2 Å². The van der Waals surface area contributed by atoms with Gasteiger partial charge in [0.2, 0.25) is 0 Å². The zero-order valence-electron chi connectivity index (χ0n) is 18.4. The second-order valence-electron chi connectivity index (χ2n) is 7.52. The molecule has 0 saturated carbocycles. The molecule has 0 aliphatic heterocycles. The number of nitrogens with one attached hydrogen (secondary N) is 2. The normalized spacial score (nSPS) is 11.0. The van der Waals surface area contributed by atoms with Gasteiger partial charge in [-0.15, -0.1) is 4.68 Å². The number of nitrogens with zero attached hydrogens (tertiary/aromatic N) is 3. The molecule has 11 nitrogen and oxygen atoms in total. The van der Waals surface area contributed by atoms with Crippen LogP contribution >= 0.6 is 0 Å². The van der Waals surface area contributed by atoms with Crippen molar-refractivity contribution in [2.24, 2.45) is 5.10 Å². The summed E-state index contributed by atoms with van der Waals surface area (Å²) in [6, 6.07) is 17.3. The van der Waals surface area contributed by atoms with Gasteiger partial charge < -0.3 is 15.0 Å². The monoisotopic (exact) mass is 473 g/mol. The number of aromatic nitrogens is 2. The Morgan fingerprint density at radius 3 is 2.63 bits per heavy atom. The number of ether oxygens (including phenoxy) is 1. The summed E-state index contributed by atoms with van der Waals surface area (Å²) in [4.78, 5) is 50.5. The molecule has 0 fully saturated rings. The van der Waals surface area contributed by atoms with Crippen molar-refractivity contribution in [3.63, 3.8) is 0 Å². The number of carbonyl (C=O) groups excluding carboxylic acids is 1. The molecule has 0 radical (unpaired) electrons. The quantitative estimate of drug-likeness (QED) is 0.239. The van der Waals surface area contributed by atoms with Crippen LogP contribution in [0.1, 0.15) is 11.1 Å². The first-order valence-electron chi connectivity index (χ1n) is 10.4. The number of nitro groups is 1. The van der Waals surface area contributed by atoms with E-state index < -0.39 is 22.1 Å². The molecule has 1 aromatic heterocycles. The Kier molecular flexibility index (Phi) is 6.49. The minimum Gasteiger partial charge on any atom is -0.483 e. The number of non-ortho nitro benzene ring substituents is 1. The number of fused-ring (bicyclic) bond motifs is 1. The van der Waals surface area contributed by atoms with Crippen molar-refractivity contribution < 1.29 is 14.5 Å². The summed E-state index contributed by atoms with van der Waals surface area (Å²) in [5, 5.41) is 18.1. The molecule has 1 heterocycles. The minimum absolute atomic E-state index is 0.0989. The van der Waals surface area contributed by atoms with Gasteiger partial charge >= 0.3 is 5.69 Å². The van der Waals surface area contributed by atoms with E-state index >= 15 is 0 Å². The predicted molar refractivity (Wildman–Crippen MR) is 130 cm³/mol. The highest BCUT2D eigenvalue weighted by molar-refractivity contribution is 5.92. The van der Waals surface area contributed by atoms with Crippen LogP contribution in [0.25, 0.3) is 10.9 Å². The second kappa shape index (κ2) is 9.83. The molecule has 3 aromatic carbocycles. The van der Waals surface area contributed by atoms with Gasteiger partial charge in [-0.05, 0) is 37.3 Å². The summed E-state index contributed by atoms with van der Waals surface area (Å²) in [7, 11) is 0. The SMILES string of the molecule is Cc1ccc(NC(=O)COc2ccc([N+](=O)[O-])cc2C=Nn2c(=O)[nH]c3ccccc3c2=O)cc1. The third kappa shape index (κ3) is 5.30. The number of nitro benzene ring substituents is 1. The number of anilines is 1. The molecular weight excluding hydrogens is 454 g/mol. The number of benzene rings is 3. The minimum atomic E-state index is -0.782. The molecule has 0 bridgehead atoms. The van der Waals surface area contributed by atoms with Gasteiger partial charge in [0, 0.05) is 23.4 Å². The van der Waals surface area contributed by atoms with Gasteiger partial charge in [0.25, 0.3) is 17.2 Å². The summed E-state index contributed by atoms with van der Waals surface area (Å²) in [5.41, 5.74) is 0.377. The number of hydrogen-bond acceptors (Lipinski definition) is 7. The molecule has 0 aliphatic carbocycles. The lowest BCUT2D eigenvalue weighted by Crippen LogP contribution is -2.32. The van der Waals surface area contributed by atoms with E-state index in [0.29, 0.717) is 15.9 Å². The highest BCUT2D eigenvalue weighted by Gasteiger charge is 2.13. The van der Waals surface area contributed by atoms with E-state index in [2.05, 4.69) is 15.4 Å². The lowest BCUT2D eigenvalue weighted by atomic mass is 10.2. The van der Waals surface area contributed by atoms with Crippen LogP contribution in [-0.2, 0) is 4.79 Å². The molecule has 4 aromatic rings. The number of carbonyl (C=O) groups is 1. The fraction of sp³-hybridized carbons (Fsp3) is 0.0833. The fourth-order valence-electron chi connectivity index (χ4n) is 3.24. The highest BCUT2D eigenvalue weighted by Crippen LogP contribution is 2.23. The first kappa shape index (κ1) is 23.1. The van der Waals surface area contributed by atoms with Gasteiger partial charge in [-0.3, -0.25) is 19.7 Å². The van der Waals surface area contributed by atoms with Crippen molar-refractivity contribution in [2.45, 2.75) is 6.92 Å². The fourth-order valence-corrected chi connectivity index (χ4v) is 3.24. The van der Waals surface area contributed by atoms with Gasteiger partial charge in [0.15, 0.2) is 6.61 Å². The number of rotatable bonds is 7. The van der Waals surface area contributed by atoms with E-state index in [0.717, 1.165) is 17.8 Å². The third-order valence-corrected chi connectivity index (χ3v) is 4.99. The second-order valence-corrected chi connectivity index (χ2v) is 7.52. The van der Waals surface area contributed by atoms with Crippen LogP contribution in [0.3, 0.4) is 0 Å². The molecule has 0 unspecified atom stereocenters. The van der Waals surface area contributed by atoms with Crippen LogP contribution in [0.15, 0.2) is 81.4 Å². The smallest absolute Gasteiger partial charge is 0.349 e. The number of hydrogen-bond donors (Lipinski definition) is 2. The van der Waals surface area contributed by atoms with Gasteiger partial charge in [0.05, 0.1) is 22.0 Å². The number of amides is 1. The molecule has 0 saturated heterocycles. The van der Waals surface area contributed by atoms with Gasteiger partial charge in [-0.1, -0.05) is 29.8 Å². The number of para-hydroxylation sites is 1. The van der Waals surface area contributed by atoms with Crippen LogP contribution < -0.4 is 21.3 Å². The Morgan fingerprint density at radius 2 is 1.89 bits per heavy atom. The zero-order valence-corrected chi connectivity index (χ0v) is 18.4. The van der Waals surface area contributed by atoms with Crippen LogP contribution in [0.5, 0.6) is 5.75 Å². The number of aromatic amines is 1. The number of aryl methyl sites for hydroxylation is 1. The van der Waals surface area contributed by atoms with Gasteiger partial charge in [-0.25, -0.2) is 4.79 Å². The van der Waals surface area contributed by atoms with Crippen molar-refractivity contribution >= 4 is 34.4 Å². The van der Waals surface area contributed by atoms with Crippen molar-refractivity contribution in [1.29, 1.82) is 0 Å². The Balaban J connectivity index is 1.60. The lowest BCUT2D eigenvalue weighted by Gasteiger charge is -2.10. The molecule has 0 spiro atoms. The van der Waals surface area contributed by atoms with E-state index in [4.69, 9.17) is 4.74 Å². The third-order valence-electron chi connectivity index (χ3n) is 4.99. The molecule has 0 aliphatic rings. The molecule has 0 atom stereocenters. The average Bonchev–Trinajstić information content (AvgIpc) is 2.84. The lowest BCUT2D eigenvalue weighted by molar-refractivity contribution is -0.384.